The Kier molecular flexibility index (Phi) is 7.08. The number of piperidine rings is 1. The number of nitrogens with zero attached hydrogens (tertiary/aromatic N) is 1. The quantitative estimate of drug-likeness (QED) is 0.643. The van der Waals surface area contributed by atoms with Gasteiger partial charge in [0.25, 0.3) is 5.91 Å². The van der Waals surface area contributed by atoms with Gasteiger partial charge in [0.2, 0.25) is 11.8 Å². The van der Waals surface area contributed by atoms with Gasteiger partial charge in [0.15, 0.2) is 0 Å². The second-order valence-corrected chi connectivity index (χ2v) is 10.2. The lowest BCUT2D eigenvalue weighted by molar-refractivity contribution is -0.127. The highest BCUT2D eigenvalue weighted by molar-refractivity contribution is 6.10. The van der Waals surface area contributed by atoms with Crippen molar-refractivity contribution in [3.05, 3.63) is 64.7 Å². The molecule has 2 aliphatic heterocycles. The van der Waals surface area contributed by atoms with Crippen LogP contribution >= 0.6 is 0 Å². The monoisotopic (exact) mass is 475 g/mol. The Labute approximate surface area is 206 Å². The minimum Gasteiger partial charge on any atom is -0.375 e. The summed E-state index contributed by atoms with van der Waals surface area (Å²) < 4.78 is 4.87. The molecule has 0 aromatic heterocycles. The van der Waals surface area contributed by atoms with E-state index >= 15 is 0 Å². The molecule has 2 unspecified atom stereocenters. The van der Waals surface area contributed by atoms with Crippen molar-refractivity contribution in [1.29, 1.82) is 0 Å². The van der Waals surface area contributed by atoms with E-state index in [1.54, 1.807) is 11.0 Å². The summed E-state index contributed by atoms with van der Waals surface area (Å²) in [5.74, 6) is -0.626. The molecule has 2 heterocycles. The number of hydrogen-bond donors (Lipinski definition) is 2. The van der Waals surface area contributed by atoms with Gasteiger partial charge in [-0.3, -0.25) is 14.4 Å². The van der Waals surface area contributed by atoms with Crippen LogP contribution in [0.25, 0.3) is 12.2 Å². The van der Waals surface area contributed by atoms with Crippen molar-refractivity contribution < 1.29 is 19.1 Å². The largest absolute Gasteiger partial charge is 0.375 e. The van der Waals surface area contributed by atoms with Crippen molar-refractivity contribution in [2.24, 2.45) is 0 Å². The Bertz CT molecular complexity index is 1150. The first kappa shape index (κ1) is 24.7. The van der Waals surface area contributed by atoms with E-state index in [1.165, 1.54) is 12.7 Å². The molecule has 2 aromatic carbocycles. The van der Waals surface area contributed by atoms with E-state index < -0.39 is 6.04 Å². The molecule has 0 radical (unpaired) electrons. The molecule has 0 spiro atoms. The van der Waals surface area contributed by atoms with Crippen molar-refractivity contribution >= 4 is 35.6 Å². The third-order valence-corrected chi connectivity index (χ3v) is 6.58. The number of hydrogen-bond acceptors (Lipinski definition) is 4. The van der Waals surface area contributed by atoms with Gasteiger partial charge in [-0.1, -0.05) is 63.3 Å². The number of nitrogens with one attached hydrogen (secondary N) is 2. The zero-order chi connectivity index (χ0) is 25.2. The zero-order valence-corrected chi connectivity index (χ0v) is 20.8. The van der Waals surface area contributed by atoms with Crippen LogP contribution in [0.5, 0.6) is 0 Å². The molecule has 184 valence electrons. The van der Waals surface area contributed by atoms with Crippen LogP contribution in [0.2, 0.25) is 0 Å². The fraction of sp³-hybridized carbons (Fsp3) is 0.393. The number of amides is 3. The van der Waals surface area contributed by atoms with Gasteiger partial charge in [-0.25, -0.2) is 0 Å². The van der Waals surface area contributed by atoms with Gasteiger partial charge in [0.1, 0.15) is 12.6 Å². The molecule has 2 aliphatic rings. The first-order chi connectivity index (χ1) is 16.7. The van der Waals surface area contributed by atoms with Crippen LogP contribution in [0, 0.1) is 0 Å². The van der Waals surface area contributed by atoms with Crippen LogP contribution in [-0.2, 0) is 19.7 Å². The third kappa shape index (κ3) is 5.62. The SMILES string of the molecule is COCC(=O)NC1CCN2C(=O)c3cc(C=Cc4ccc(C(C)(C)C)cc4)ccc3NC(=O)C2C1. The van der Waals surface area contributed by atoms with Crippen molar-refractivity contribution in [2.45, 2.75) is 51.1 Å². The highest BCUT2D eigenvalue weighted by Crippen LogP contribution is 2.30. The molecular formula is C28H33N3O4. The predicted octanol–water partition coefficient (Wildman–Crippen LogP) is 3.84. The van der Waals surface area contributed by atoms with Crippen LogP contribution < -0.4 is 10.6 Å². The summed E-state index contributed by atoms with van der Waals surface area (Å²) in [5.41, 5.74) is 4.33. The summed E-state index contributed by atoms with van der Waals surface area (Å²) in [4.78, 5) is 39.9. The Balaban J connectivity index is 1.51. The molecule has 35 heavy (non-hydrogen) atoms. The Hall–Kier alpha value is -3.45. The molecular weight excluding hydrogens is 442 g/mol. The van der Waals surface area contributed by atoms with Crippen molar-refractivity contribution in [2.75, 3.05) is 25.6 Å². The first-order valence-corrected chi connectivity index (χ1v) is 12.0. The van der Waals surface area contributed by atoms with E-state index in [4.69, 9.17) is 4.74 Å². The second kappa shape index (κ2) is 10.0. The highest BCUT2D eigenvalue weighted by atomic mass is 16.5. The fourth-order valence-corrected chi connectivity index (χ4v) is 4.60. The maximum absolute atomic E-state index is 13.4. The van der Waals surface area contributed by atoms with E-state index in [9.17, 15) is 14.4 Å². The Morgan fingerprint density at radius 1 is 1.11 bits per heavy atom. The highest BCUT2D eigenvalue weighted by Gasteiger charge is 2.40. The number of fused-ring (bicyclic) bond motifs is 2. The van der Waals surface area contributed by atoms with Gasteiger partial charge >= 0.3 is 0 Å². The first-order valence-electron chi connectivity index (χ1n) is 12.0. The summed E-state index contributed by atoms with van der Waals surface area (Å²) in [5, 5.41) is 5.80. The van der Waals surface area contributed by atoms with E-state index in [-0.39, 0.29) is 35.8 Å². The summed E-state index contributed by atoms with van der Waals surface area (Å²) in [6.45, 7) is 6.93. The summed E-state index contributed by atoms with van der Waals surface area (Å²) >= 11 is 0. The Morgan fingerprint density at radius 2 is 1.80 bits per heavy atom. The lowest BCUT2D eigenvalue weighted by atomic mass is 9.87. The second-order valence-electron chi connectivity index (χ2n) is 10.2. The number of benzene rings is 2. The average molecular weight is 476 g/mol. The van der Waals surface area contributed by atoms with Gasteiger partial charge in [0.05, 0.1) is 11.3 Å². The van der Waals surface area contributed by atoms with E-state index in [0.717, 1.165) is 11.1 Å². The molecule has 1 saturated heterocycles. The van der Waals surface area contributed by atoms with Crippen molar-refractivity contribution in [3.63, 3.8) is 0 Å². The lowest BCUT2D eigenvalue weighted by Crippen LogP contribution is -2.55. The maximum Gasteiger partial charge on any atom is 0.256 e. The van der Waals surface area contributed by atoms with Crippen LogP contribution in [0.3, 0.4) is 0 Å². The number of methoxy groups -OCH3 is 1. The topological polar surface area (TPSA) is 87.7 Å². The van der Waals surface area contributed by atoms with Gasteiger partial charge in [-0.2, -0.15) is 0 Å². The Morgan fingerprint density at radius 3 is 2.49 bits per heavy atom. The minimum absolute atomic E-state index is 0.0293. The van der Waals surface area contributed by atoms with Crippen LogP contribution in [-0.4, -0.2) is 55.0 Å². The molecule has 2 N–H and O–H groups in total. The molecule has 7 nitrogen and oxygen atoms in total. The number of anilines is 1. The maximum atomic E-state index is 13.4. The van der Waals surface area contributed by atoms with Gasteiger partial charge < -0.3 is 20.3 Å². The van der Waals surface area contributed by atoms with Crippen molar-refractivity contribution in [3.8, 4) is 0 Å². The standard InChI is InChI=1S/C28H33N3O4/c1-28(2,3)20-10-7-18(8-11-20)5-6-19-9-12-23-22(15-19)27(34)31-14-13-21(29-25(32)17-35-4)16-24(31)26(33)30-23/h5-12,15,21,24H,13-14,16-17H2,1-4H3,(H,29,32)(H,30,33). The van der Waals surface area contributed by atoms with Crippen LogP contribution in [0.1, 0.15) is 60.7 Å². The minimum atomic E-state index is -0.628. The van der Waals surface area contributed by atoms with E-state index in [1.807, 2.05) is 24.3 Å². The zero-order valence-electron chi connectivity index (χ0n) is 20.8. The number of ether oxygens (including phenoxy) is 1. The molecule has 7 heteroatoms. The molecule has 1 fully saturated rings. The fourth-order valence-electron chi connectivity index (χ4n) is 4.60. The molecule has 2 atom stereocenters. The smallest absolute Gasteiger partial charge is 0.256 e. The third-order valence-electron chi connectivity index (χ3n) is 6.58. The van der Waals surface area contributed by atoms with Crippen molar-refractivity contribution in [1.82, 2.24) is 10.2 Å². The van der Waals surface area contributed by atoms with Gasteiger partial charge in [-0.05, 0) is 47.1 Å². The number of carbonyl (C=O) groups excluding carboxylic acids is 3. The van der Waals surface area contributed by atoms with E-state index in [0.29, 0.717) is 30.6 Å². The van der Waals surface area contributed by atoms with Gasteiger partial charge in [-0.15, -0.1) is 0 Å². The summed E-state index contributed by atoms with van der Waals surface area (Å²) in [6.07, 6.45) is 4.95. The predicted molar refractivity (Wildman–Crippen MR) is 137 cm³/mol. The molecule has 3 amide bonds. The number of carbonyl (C=O) groups is 3. The molecule has 0 aliphatic carbocycles. The lowest BCUT2D eigenvalue weighted by Gasteiger charge is -2.37. The van der Waals surface area contributed by atoms with Gasteiger partial charge in [0, 0.05) is 19.7 Å². The number of rotatable bonds is 5. The molecule has 2 aromatic rings. The average Bonchev–Trinajstić information content (AvgIpc) is 2.92. The van der Waals surface area contributed by atoms with E-state index in [2.05, 4.69) is 55.7 Å². The molecule has 0 bridgehead atoms. The molecule has 4 rings (SSSR count). The summed E-state index contributed by atoms with van der Waals surface area (Å²) in [7, 11) is 1.46. The summed E-state index contributed by atoms with van der Waals surface area (Å²) in [6, 6.07) is 13.1. The van der Waals surface area contributed by atoms with Crippen LogP contribution in [0.4, 0.5) is 5.69 Å². The molecule has 0 saturated carbocycles. The normalized spacial score (nSPS) is 20.2. The van der Waals surface area contributed by atoms with Crippen LogP contribution in [0.15, 0.2) is 42.5 Å².